The van der Waals surface area contributed by atoms with E-state index >= 15 is 0 Å². The van der Waals surface area contributed by atoms with Gasteiger partial charge < -0.3 is 9.84 Å². The van der Waals surface area contributed by atoms with E-state index in [1.807, 2.05) is 45.9 Å². The zero-order valence-corrected chi connectivity index (χ0v) is 11.1. The van der Waals surface area contributed by atoms with Crippen LogP contribution in [-0.2, 0) is 14.9 Å². The summed E-state index contributed by atoms with van der Waals surface area (Å²) in [5.41, 5.74) is 2.47. The molecule has 0 aromatic heterocycles. The van der Waals surface area contributed by atoms with E-state index in [9.17, 15) is 9.90 Å². The smallest absolute Gasteiger partial charge is 0.335 e. The first-order valence-electron chi connectivity index (χ1n) is 5.64. The molecule has 0 aliphatic rings. The van der Waals surface area contributed by atoms with Crippen LogP contribution in [0.5, 0.6) is 0 Å². The molecule has 0 bridgehead atoms. The van der Waals surface area contributed by atoms with Crippen LogP contribution < -0.4 is 0 Å². The second-order valence-corrected chi connectivity index (χ2v) is 4.97. The molecular formula is C14H20O3. The molecule has 94 valence electrons. The highest BCUT2D eigenvalue weighted by molar-refractivity contribution is 5.76. The van der Waals surface area contributed by atoms with Gasteiger partial charge in [-0.25, -0.2) is 4.79 Å². The van der Waals surface area contributed by atoms with Crippen molar-refractivity contribution in [1.29, 1.82) is 0 Å². The van der Waals surface area contributed by atoms with Crippen LogP contribution in [0.4, 0.5) is 0 Å². The molecule has 0 aliphatic carbocycles. The lowest BCUT2D eigenvalue weighted by molar-refractivity contribution is -0.153. The first kappa shape index (κ1) is 13.7. The van der Waals surface area contributed by atoms with E-state index in [0.717, 1.165) is 16.7 Å². The SMILES string of the molecule is COC(=O)C(O)C(C)(C)c1cc(C)ccc1C. The van der Waals surface area contributed by atoms with Gasteiger partial charge in [-0.2, -0.15) is 0 Å². The third-order valence-corrected chi connectivity index (χ3v) is 3.20. The molecule has 3 heteroatoms. The van der Waals surface area contributed by atoms with Crippen molar-refractivity contribution in [3.05, 3.63) is 34.9 Å². The van der Waals surface area contributed by atoms with Gasteiger partial charge >= 0.3 is 5.97 Å². The van der Waals surface area contributed by atoms with Crippen molar-refractivity contribution in [2.45, 2.75) is 39.2 Å². The third-order valence-electron chi connectivity index (χ3n) is 3.20. The Morgan fingerprint density at radius 3 is 2.47 bits per heavy atom. The van der Waals surface area contributed by atoms with E-state index in [0.29, 0.717) is 0 Å². The lowest BCUT2D eigenvalue weighted by Crippen LogP contribution is -2.41. The number of carbonyl (C=O) groups excluding carboxylic acids is 1. The summed E-state index contributed by atoms with van der Waals surface area (Å²) >= 11 is 0. The van der Waals surface area contributed by atoms with E-state index in [2.05, 4.69) is 4.74 Å². The molecule has 1 aromatic carbocycles. The topological polar surface area (TPSA) is 46.5 Å². The number of methoxy groups -OCH3 is 1. The lowest BCUT2D eigenvalue weighted by atomic mass is 9.77. The average molecular weight is 236 g/mol. The van der Waals surface area contributed by atoms with Crippen LogP contribution in [0.3, 0.4) is 0 Å². The number of ether oxygens (including phenoxy) is 1. The molecule has 0 aliphatic heterocycles. The number of hydrogen-bond donors (Lipinski definition) is 1. The Morgan fingerprint density at radius 2 is 1.94 bits per heavy atom. The Labute approximate surface area is 102 Å². The van der Waals surface area contributed by atoms with Gasteiger partial charge in [-0.05, 0) is 25.0 Å². The molecule has 1 aromatic rings. The zero-order valence-electron chi connectivity index (χ0n) is 11.1. The van der Waals surface area contributed by atoms with E-state index in [-0.39, 0.29) is 0 Å². The maximum Gasteiger partial charge on any atom is 0.335 e. The van der Waals surface area contributed by atoms with Gasteiger partial charge in [-0.3, -0.25) is 0 Å². The summed E-state index contributed by atoms with van der Waals surface area (Å²) in [6.45, 7) is 7.65. The highest BCUT2D eigenvalue weighted by atomic mass is 16.5. The molecule has 1 unspecified atom stereocenters. The molecule has 1 N–H and O–H groups in total. The molecule has 0 saturated heterocycles. The minimum atomic E-state index is -1.16. The van der Waals surface area contributed by atoms with Gasteiger partial charge in [0.2, 0.25) is 0 Å². The first-order chi connectivity index (χ1) is 7.80. The van der Waals surface area contributed by atoms with Crippen LogP contribution in [0.1, 0.15) is 30.5 Å². The maximum atomic E-state index is 11.5. The molecule has 0 amide bonds. The Bertz CT molecular complexity index is 421. The van der Waals surface area contributed by atoms with Crippen LogP contribution in [0, 0.1) is 13.8 Å². The van der Waals surface area contributed by atoms with E-state index in [4.69, 9.17) is 0 Å². The predicted octanol–water partition coefficient (Wildman–Crippen LogP) is 2.11. The molecule has 0 saturated carbocycles. The molecule has 0 heterocycles. The molecule has 0 radical (unpaired) electrons. The number of benzene rings is 1. The van der Waals surface area contributed by atoms with Gasteiger partial charge in [0.15, 0.2) is 6.10 Å². The molecule has 0 spiro atoms. The molecule has 1 atom stereocenters. The average Bonchev–Trinajstić information content (AvgIpc) is 2.30. The van der Waals surface area contributed by atoms with Gasteiger partial charge in [-0.1, -0.05) is 37.6 Å². The second-order valence-electron chi connectivity index (χ2n) is 4.97. The fourth-order valence-corrected chi connectivity index (χ4v) is 1.98. The predicted molar refractivity (Wildman–Crippen MR) is 67.0 cm³/mol. The Balaban J connectivity index is 3.20. The number of esters is 1. The van der Waals surface area contributed by atoms with Gasteiger partial charge in [0.1, 0.15) is 0 Å². The van der Waals surface area contributed by atoms with Crippen molar-refractivity contribution < 1.29 is 14.6 Å². The van der Waals surface area contributed by atoms with Crippen molar-refractivity contribution in [3.63, 3.8) is 0 Å². The summed E-state index contributed by atoms with van der Waals surface area (Å²) in [7, 11) is 1.28. The van der Waals surface area contributed by atoms with Crippen molar-refractivity contribution in [1.82, 2.24) is 0 Å². The Kier molecular flexibility index (Phi) is 3.94. The lowest BCUT2D eigenvalue weighted by Gasteiger charge is -2.31. The molecule has 0 fully saturated rings. The van der Waals surface area contributed by atoms with Crippen molar-refractivity contribution in [3.8, 4) is 0 Å². The second kappa shape index (κ2) is 4.88. The summed E-state index contributed by atoms with van der Waals surface area (Å²) < 4.78 is 4.60. The summed E-state index contributed by atoms with van der Waals surface area (Å²) in [6.07, 6.45) is -1.16. The van der Waals surface area contributed by atoms with Crippen molar-refractivity contribution >= 4 is 5.97 Å². The van der Waals surface area contributed by atoms with Crippen LogP contribution in [0.15, 0.2) is 18.2 Å². The summed E-state index contributed by atoms with van der Waals surface area (Å²) in [5.74, 6) is -0.601. The van der Waals surface area contributed by atoms with Crippen LogP contribution >= 0.6 is 0 Å². The molecule has 17 heavy (non-hydrogen) atoms. The quantitative estimate of drug-likeness (QED) is 0.818. The minimum Gasteiger partial charge on any atom is -0.467 e. The largest absolute Gasteiger partial charge is 0.467 e. The normalized spacial score (nSPS) is 13.3. The first-order valence-corrected chi connectivity index (χ1v) is 5.64. The molecular weight excluding hydrogens is 216 g/mol. The monoisotopic (exact) mass is 236 g/mol. The van der Waals surface area contributed by atoms with Gasteiger partial charge in [0, 0.05) is 5.41 Å². The fraction of sp³-hybridized carbons (Fsp3) is 0.500. The van der Waals surface area contributed by atoms with E-state index in [1.165, 1.54) is 7.11 Å². The van der Waals surface area contributed by atoms with E-state index in [1.54, 1.807) is 0 Å². The summed E-state index contributed by atoms with van der Waals surface area (Å²) in [6, 6.07) is 6.01. The number of carbonyl (C=O) groups is 1. The van der Waals surface area contributed by atoms with Crippen LogP contribution in [0.25, 0.3) is 0 Å². The van der Waals surface area contributed by atoms with Crippen molar-refractivity contribution in [2.75, 3.05) is 7.11 Å². The standard InChI is InChI=1S/C14H20O3/c1-9-6-7-10(2)11(8-9)14(3,4)12(15)13(16)17-5/h6-8,12,15H,1-5H3. The Hall–Kier alpha value is -1.35. The summed E-state index contributed by atoms with van der Waals surface area (Å²) in [4.78, 5) is 11.5. The van der Waals surface area contributed by atoms with Crippen molar-refractivity contribution in [2.24, 2.45) is 0 Å². The summed E-state index contributed by atoms with van der Waals surface area (Å²) in [5, 5.41) is 10.0. The number of hydrogen-bond acceptors (Lipinski definition) is 3. The number of aryl methyl sites for hydroxylation is 2. The zero-order chi connectivity index (χ0) is 13.2. The fourth-order valence-electron chi connectivity index (χ4n) is 1.98. The van der Waals surface area contributed by atoms with Crippen LogP contribution in [0.2, 0.25) is 0 Å². The minimum absolute atomic E-state index is 0.601. The van der Waals surface area contributed by atoms with Gasteiger partial charge in [0.05, 0.1) is 7.11 Å². The number of aliphatic hydroxyl groups is 1. The van der Waals surface area contributed by atoms with Gasteiger partial charge in [0.25, 0.3) is 0 Å². The highest BCUT2D eigenvalue weighted by Gasteiger charge is 2.36. The number of rotatable bonds is 3. The maximum absolute atomic E-state index is 11.5. The van der Waals surface area contributed by atoms with E-state index < -0.39 is 17.5 Å². The Morgan fingerprint density at radius 1 is 1.35 bits per heavy atom. The number of aliphatic hydroxyl groups excluding tert-OH is 1. The van der Waals surface area contributed by atoms with Gasteiger partial charge in [-0.15, -0.1) is 0 Å². The molecule has 1 rings (SSSR count). The van der Waals surface area contributed by atoms with Crippen LogP contribution in [-0.4, -0.2) is 24.3 Å². The third kappa shape index (κ3) is 2.67. The molecule has 3 nitrogen and oxygen atoms in total. The highest BCUT2D eigenvalue weighted by Crippen LogP contribution is 2.31.